The highest BCUT2D eigenvalue weighted by Gasteiger charge is 2.30. The molecule has 0 bridgehead atoms. The van der Waals surface area contributed by atoms with Crippen molar-refractivity contribution in [3.8, 4) is 0 Å². The van der Waals surface area contributed by atoms with Gasteiger partial charge in [-0.2, -0.15) is 0 Å². The molecule has 1 saturated carbocycles. The molecule has 122 valence electrons. The lowest BCUT2D eigenvalue weighted by Gasteiger charge is -2.32. The Hall–Kier alpha value is -2.17. The zero-order valence-electron chi connectivity index (χ0n) is 13.4. The van der Waals surface area contributed by atoms with Crippen molar-refractivity contribution in [2.75, 3.05) is 11.9 Å². The smallest absolute Gasteiger partial charge is 0.249 e. The van der Waals surface area contributed by atoms with Crippen LogP contribution in [0.4, 0.5) is 5.69 Å². The first-order valence-electron chi connectivity index (χ1n) is 8.23. The molecule has 2 fully saturated rings. The first kappa shape index (κ1) is 15.7. The fourth-order valence-corrected chi connectivity index (χ4v) is 3.50. The minimum Gasteiger partial charge on any atom is -0.363 e. The summed E-state index contributed by atoms with van der Waals surface area (Å²) in [5.41, 5.74) is 2.21. The van der Waals surface area contributed by atoms with E-state index in [1.54, 1.807) is 0 Å². The van der Waals surface area contributed by atoms with Crippen LogP contribution in [0.2, 0.25) is 0 Å². The molecule has 2 amide bonds. The third-order valence-electron chi connectivity index (χ3n) is 4.97. The van der Waals surface area contributed by atoms with Gasteiger partial charge in [0.05, 0.1) is 0 Å². The number of rotatable bonds is 3. The van der Waals surface area contributed by atoms with E-state index < -0.39 is 0 Å². The Morgan fingerprint density at radius 1 is 1.04 bits per heavy atom. The molecule has 0 spiro atoms. The zero-order chi connectivity index (χ0) is 16.4. The van der Waals surface area contributed by atoms with Crippen molar-refractivity contribution in [2.24, 2.45) is 0 Å². The van der Waals surface area contributed by atoms with Crippen LogP contribution in [-0.4, -0.2) is 30.7 Å². The molecule has 1 aromatic rings. The van der Waals surface area contributed by atoms with Gasteiger partial charge in [-0.25, -0.2) is 0 Å². The third kappa shape index (κ3) is 3.44. The molecule has 0 aromatic heterocycles. The quantitative estimate of drug-likeness (QED) is 0.868. The van der Waals surface area contributed by atoms with Crippen LogP contribution in [0, 0.1) is 0 Å². The molecule has 1 N–H and O–H groups in total. The lowest BCUT2D eigenvalue weighted by molar-refractivity contribution is -0.134. The molecular weight excluding hydrogens is 292 g/mol. The van der Waals surface area contributed by atoms with Crippen LogP contribution in [-0.2, 0) is 14.4 Å². The fourth-order valence-electron chi connectivity index (χ4n) is 3.50. The lowest BCUT2D eigenvalue weighted by Crippen LogP contribution is -2.51. The summed E-state index contributed by atoms with van der Waals surface area (Å²) in [4.78, 5) is 36.7. The number of carbonyl (C=O) groups excluding carboxylic acids is 3. The van der Waals surface area contributed by atoms with Gasteiger partial charge >= 0.3 is 0 Å². The average Bonchev–Trinajstić information content (AvgIpc) is 2.55. The van der Waals surface area contributed by atoms with Crippen molar-refractivity contribution >= 4 is 23.3 Å². The van der Waals surface area contributed by atoms with Crippen LogP contribution in [0.25, 0.3) is 0 Å². The highest BCUT2D eigenvalue weighted by molar-refractivity contribution is 6.01. The van der Waals surface area contributed by atoms with E-state index in [1.165, 1.54) is 5.56 Å². The first-order valence-corrected chi connectivity index (χ1v) is 8.23. The van der Waals surface area contributed by atoms with Gasteiger partial charge in [-0.05, 0) is 42.9 Å². The number of Topliss-reactive ketones (excluding diaryl/α,β-unsaturated/α-hetero) is 1. The standard InChI is InChI=1S/C18H22N2O3/c1-20(16-9-10-17(22)19-18(16)23)14-4-2-3-13(11-14)12-5-7-15(21)8-6-12/h2-4,11-12,16H,5-10H2,1H3,(H,19,22,23). The van der Waals surface area contributed by atoms with Gasteiger partial charge in [-0.1, -0.05) is 12.1 Å². The van der Waals surface area contributed by atoms with Crippen LogP contribution in [0.5, 0.6) is 0 Å². The molecule has 0 radical (unpaired) electrons. The molecule has 5 nitrogen and oxygen atoms in total. The van der Waals surface area contributed by atoms with Crippen LogP contribution >= 0.6 is 0 Å². The summed E-state index contributed by atoms with van der Waals surface area (Å²) in [6.07, 6.45) is 4.07. The Morgan fingerprint density at radius 3 is 2.48 bits per heavy atom. The van der Waals surface area contributed by atoms with Gasteiger partial charge in [0.2, 0.25) is 11.8 Å². The van der Waals surface area contributed by atoms with Crippen molar-refractivity contribution < 1.29 is 14.4 Å². The van der Waals surface area contributed by atoms with Crippen LogP contribution in [0.15, 0.2) is 24.3 Å². The largest absolute Gasteiger partial charge is 0.363 e. The fraction of sp³-hybridized carbons (Fsp3) is 0.500. The predicted octanol–water partition coefficient (Wildman–Crippen LogP) is 2.15. The number of carbonyl (C=O) groups is 3. The van der Waals surface area contributed by atoms with E-state index in [-0.39, 0.29) is 17.9 Å². The first-order chi connectivity index (χ1) is 11.0. The van der Waals surface area contributed by atoms with E-state index in [9.17, 15) is 14.4 Å². The Kier molecular flexibility index (Phi) is 4.46. The number of hydrogen-bond donors (Lipinski definition) is 1. The molecule has 1 saturated heterocycles. The molecule has 1 atom stereocenters. The Balaban J connectivity index is 1.75. The topological polar surface area (TPSA) is 66.5 Å². The van der Waals surface area contributed by atoms with Gasteiger partial charge in [-0.3, -0.25) is 19.7 Å². The van der Waals surface area contributed by atoms with Crippen molar-refractivity contribution in [3.05, 3.63) is 29.8 Å². The molecule has 1 unspecified atom stereocenters. The van der Waals surface area contributed by atoms with Gasteiger partial charge in [0.1, 0.15) is 11.8 Å². The minimum absolute atomic E-state index is 0.194. The van der Waals surface area contributed by atoms with E-state index in [4.69, 9.17) is 0 Å². The highest BCUT2D eigenvalue weighted by Crippen LogP contribution is 2.33. The summed E-state index contributed by atoms with van der Waals surface area (Å²) in [7, 11) is 1.89. The average molecular weight is 314 g/mol. The normalized spacial score (nSPS) is 22.8. The molecule has 3 rings (SSSR count). The number of nitrogens with zero attached hydrogens (tertiary/aromatic N) is 1. The van der Waals surface area contributed by atoms with Crippen LogP contribution < -0.4 is 10.2 Å². The summed E-state index contributed by atoms with van der Waals surface area (Å²) in [6, 6.07) is 7.90. The number of amides is 2. The summed E-state index contributed by atoms with van der Waals surface area (Å²) in [6.45, 7) is 0. The molecule has 2 aliphatic rings. The zero-order valence-corrected chi connectivity index (χ0v) is 13.4. The molecule has 1 aromatic carbocycles. The molecule has 1 heterocycles. The number of hydrogen-bond acceptors (Lipinski definition) is 4. The van der Waals surface area contributed by atoms with Crippen LogP contribution in [0.3, 0.4) is 0 Å². The van der Waals surface area contributed by atoms with Crippen molar-refractivity contribution in [1.29, 1.82) is 0 Å². The molecule has 23 heavy (non-hydrogen) atoms. The minimum atomic E-state index is -0.309. The SMILES string of the molecule is CN(c1cccc(C2CCC(=O)CC2)c1)C1CCC(=O)NC1=O. The summed E-state index contributed by atoms with van der Waals surface area (Å²) in [5.74, 6) is 0.360. The number of benzene rings is 1. The van der Waals surface area contributed by atoms with E-state index in [0.717, 1.165) is 18.5 Å². The van der Waals surface area contributed by atoms with Crippen molar-refractivity contribution in [2.45, 2.75) is 50.5 Å². The Morgan fingerprint density at radius 2 is 1.78 bits per heavy atom. The number of piperidine rings is 1. The van der Waals surface area contributed by atoms with E-state index in [0.29, 0.717) is 37.4 Å². The van der Waals surface area contributed by atoms with Gasteiger partial charge in [0.25, 0.3) is 0 Å². The number of anilines is 1. The molecular formula is C18H22N2O3. The van der Waals surface area contributed by atoms with E-state index >= 15 is 0 Å². The number of ketones is 1. The van der Waals surface area contributed by atoms with E-state index in [1.807, 2.05) is 24.1 Å². The van der Waals surface area contributed by atoms with Crippen molar-refractivity contribution in [3.63, 3.8) is 0 Å². The Labute approximate surface area is 136 Å². The van der Waals surface area contributed by atoms with Crippen molar-refractivity contribution in [1.82, 2.24) is 5.32 Å². The Bertz CT molecular complexity index is 631. The maximum absolute atomic E-state index is 12.0. The van der Waals surface area contributed by atoms with Gasteiger partial charge in [0, 0.05) is 32.0 Å². The number of nitrogens with one attached hydrogen (secondary N) is 1. The summed E-state index contributed by atoms with van der Waals surface area (Å²) < 4.78 is 0. The highest BCUT2D eigenvalue weighted by atomic mass is 16.2. The number of imide groups is 1. The van der Waals surface area contributed by atoms with Gasteiger partial charge < -0.3 is 4.90 Å². The summed E-state index contributed by atoms with van der Waals surface area (Å²) >= 11 is 0. The second kappa shape index (κ2) is 6.52. The molecule has 1 aliphatic carbocycles. The predicted molar refractivity (Wildman–Crippen MR) is 87.2 cm³/mol. The van der Waals surface area contributed by atoms with Crippen LogP contribution in [0.1, 0.15) is 50.0 Å². The van der Waals surface area contributed by atoms with Gasteiger partial charge in [-0.15, -0.1) is 0 Å². The summed E-state index contributed by atoms with van der Waals surface area (Å²) in [5, 5.41) is 2.41. The number of likely N-dealkylation sites (N-methyl/N-ethyl adjacent to an activating group) is 1. The second-order valence-corrected chi connectivity index (χ2v) is 6.49. The van der Waals surface area contributed by atoms with E-state index in [2.05, 4.69) is 17.4 Å². The molecule has 1 aliphatic heterocycles. The third-order valence-corrected chi connectivity index (χ3v) is 4.97. The lowest BCUT2D eigenvalue weighted by atomic mass is 9.83. The maximum Gasteiger partial charge on any atom is 0.249 e. The van der Waals surface area contributed by atoms with Gasteiger partial charge in [0.15, 0.2) is 0 Å². The monoisotopic (exact) mass is 314 g/mol. The molecule has 5 heteroatoms. The maximum atomic E-state index is 12.0. The second-order valence-electron chi connectivity index (χ2n) is 6.49.